The van der Waals surface area contributed by atoms with Crippen molar-refractivity contribution in [1.29, 1.82) is 0 Å². The van der Waals surface area contributed by atoms with Gasteiger partial charge in [-0.15, -0.1) is 0 Å². The Bertz CT molecular complexity index is 328. The molecule has 1 aromatic carbocycles. The first kappa shape index (κ1) is 9.32. The van der Waals surface area contributed by atoms with Crippen LogP contribution in [-0.4, -0.2) is 0 Å². The molecule has 0 heterocycles. The molecule has 0 amide bonds. The van der Waals surface area contributed by atoms with Crippen LogP contribution in [0.3, 0.4) is 0 Å². The zero-order valence-corrected chi connectivity index (χ0v) is 8.45. The van der Waals surface area contributed by atoms with Crippen LogP contribution in [0.1, 0.15) is 36.3 Å². The number of hydrogen-bond acceptors (Lipinski definition) is 1. The van der Waals surface area contributed by atoms with E-state index < -0.39 is 0 Å². The fourth-order valence-corrected chi connectivity index (χ4v) is 2.34. The highest BCUT2D eigenvalue weighted by molar-refractivity contribution is 5.32. The van der Waals surface area contributed by atoms with E-state index in [1.54, 1.807) is 6.20 Å². The van der Waals surface area contributed by atoms with Crippen LogP contribution >= 0.6 is 0 Å². The Balaban J connectivity index is 2.22. The van der Waals surface area contributed by atoms with E-state index in [0.29, 0.717) is 5.92 Å². The molecule has 74 valence electrons. The van der Waals surface area contributed by atoms with Crippen LogP contribution in [0.25, 0.3) is 0 Å². The molecule has 0 fully saturated rings. The third-order valence-electron chi connectivity index (χ3n) is 3.05. The summed E-state index contributed by atoms with van der Waals surface area (Å²) in [6.45, 7) is 0. The lowest BCUT2D eigenvalue weighted by molar-refractivity contribution is 0.558. The van der Waals surface area contributed by atoms with E-state index in [4.69, 9.17) is 5.73 Å². The number of hydrogen-bond donors (Lipinski definition) is 1. The van der Waals surface area contributed by atoms with Gasteiger partial charge in [0, 0.05) is 0 Å². The van der Waals surface area contributed by atoms with Crippen LogP contribution < -0.4 is 5.73 Å². The molecule has 1 atom stereocenters. The molecule has 0 spiro atoms. The zero-order chi connectivity index (χ0) is 9.80. The highest BCUT2D eigenvalue weighted by Gasteiger charge is 2.17. The molecule has 2 rings (SSSR count). The molecule has 0 saturated carbocycles. The first-order valence-electron chi connectivity index (χ1n) is 5.36. The minimum absolute atomic E-state index is 0.694. The number of benzene rings is 1. The average Bonchev–Trinajstić information content (AvgIpc) is 2.26. The van der Waals surface area contributed by atoms with Gasteiger partial charge in [-0.2, -0.15) is 0 Å². The van der Waals surface area contributed by atoms with Crippen LogP contribution in [0.5, 0.6) is 0 Å². The monoisotopic (exact) mass is 187 g/mol. The zero-order valence-electron chi connectivity index (χ0n) is 8.45. The summed E-state index contributed by atoms with van der Waals surface area (Å²) in [7, 11) is 0. The van der Waals surface area contributed by atoms with Crippen LogP contribution in [-0.2, 0) is 6.42 Å². The highest BCUT2D eigenvalue weighted by Crippen LogP contribution is 2.33. The number of rotatable bonds is 2. The summed E-state index contributed by atoms with van der Waals surface area (Å²) in [5, 5.41) is 0. The Morgan fingerprint density at radius 1 is 1.36 bits per heavy atom. The summed E-state index contributed by atoms with van der Waals surface area (Å²) in [6.07, 6.45) is 8.71. The van der Waals surface area contributed by atoms with Crippen molar-refractivity contribution in [3.8, 4) is 0 Å². The standard InChI is InChI=1S/C13H17N/c14-10-4-8-12-7-3-6-11-5-1-2-9-13(11)12/h1-2,4-5,9-10,12H,3,6-8,14H2. The van der Waals surface area contributed by atoms with Gasteiger partial charge >= 0.3 is 0 Å². The summed E-state index contributed by atoms with van der Waals surface area (Å²) in [5.74, 6) is 0.694. The Kier molecular flexibility index (Phi) is 2.87. The van der Waals surface area contributed by atoms with E-state index in [1.807, 2.05) is 0 Å². The van der Waals surface area contributed by atoms with Gasteiger partial charge in [0.2, 0.25) is 0 Å². The van der Waals surface area contributed by atoms with Gasteiger partial charge in [0.15, 0.2) is 0 Å². The van der Waals surface area contributed by atoms with E-state index >= 15 is 0 Å². The van der Waals surface area contributed by atoms with Crippen molar-refractivity contribution in [2.45, 2.75) is 31.6 Å². The molecule has 0 bridgehead atoms. The van der Waals surface area contributed by atoms with E-state index in [1.165, 1.54) is 30.4 Å². The molecule has 1 heteroatoms. The number of aryl methyl sites for hydroxylation is 1. The largest absolute Gasteiger partial charge is 0.405 e. The van der Waals surface area contributed by atoms with Crippen molar-refractivity contribution in [3.05, 3.63) is 47.7 Å². The summed E-state index contributed by atoms with van der Waals surface area (Å²) in [6, 6.07) is 8.81. The average molecular weight is 187 g/mol. The molecule has 1 aliphatic carbocycles. The Morgan fingerprint density at radius 3 is 3.07 bits per heavy atom. The Morgan fingerprint density at radius 2 is 2.21 bits per heavy atom. The molecule has 1 nitrogen and oxygen atoms in total. The number of nitrogens with two attached hydrogens (primary N) is 1. The van der Waals surface area contributed by atoms with Crippen molar-refractivity contribution < 1.29 is 0 Å². The fourth-order valence-electron chi connectivity index (χ4n) is 2.34. The second kappa shape index (κ2) is 4.32. The van der Waals surface area contributed by atoms with Crippen molar-refractivity contribution >= 4 is 0 Å². The van der Waals surface area contributed by atoms with Crippen LogP contribution in [0.2, 0.25) is 0 Å². The Labute approximate surface area is 85.6 Å². The van der Waals surface area contributed by atoms with E-state index in [2.05, 4.69) is 30.3 Å². The van der Waals surface area contributed by atoms with Gasteiger partial charge in [-0.3, -0.25) is 0 Å². The number of allylic oxidation sites excluding steroid dienone is 1. The van der Waals surface area contributed by atoms with Gasteiger partial charge in [0.25, 0.3) is 0 Å². The maximum atomic E-state index is 5.39. The lowest BCUT2D eigenvalue weighted by Gasteiger charge is -2.24. The first-order valence-corrected chi connectivity index (χ1v) is 5.36. The fraction of sp³-hybridized carbons (Fsp3) is 0.385. The third-order valence-corrected chi connectivity index (χ3v) is 3.05. The van der Waals surface area contributed by atoms with Gasteiger partial charge < -0.3 is 5.73 Å². The minimum atomic E-state index is 0.694. The molecule has 0 aliphatic heterocycles. The molecular weight excluding hydrogens is 170 g/mol. The van der Waals surface area contributed by atoms with Crippen molar-refractivity contribution in [2.24, 2.45) is 5.73 Å². The summed E-state index contributed by atoms with van der Waals surface area (Å²) in [4.78, 5) is 0. The molecular formula is C13H17N. The van der Waals surface area contributed by atoms with Gasteiger partial charge in [0.05, 0.1) is 0 Å². The van der Waals surface area contributed by atoms with E-state index in [0.717, 1.165) is 6.42 Å². The Hall–Kier alpha value is -1.24. The SMILES string of the molecule is NC=CCC1CCCc2ccccc21. The normalized spacial score (nSPS) is 21.0. The van der Waals surface area contributed by atoms with Crippen LogP contribution in [0.15, 0.2) is 36.5 Å². The van der Waals surface area contributed by atoms with Crippen molar-refractivity contribution in [1.82, 2.24) is 0 Å². The lowest BCUT2D eigenvalue weighted by Crippen LogP contribution is -2.08. The number of fused-ring (bicyclic) bond motifs is 1. The predicted molar refractivity (Wildman–Crippen MR) is 60.1 cm³/mol. The summed E-state index contributed by atoms with van der Waals surface area (Å²) < 4.78 is 0. The molecule has 1 aliphatic rings. The molecule has 0 aromatic heterocycles. The molecule has 0 saturated heterocycles. The van der Waals surface area contributed by atoms with Gasteiger partial charge in [-0.1, -0.05) is 30.3 Å². The van der Waals surface area contributed by atoms with E-state index in [-0.39, 0.29) is 0 Å². The second-order valence-corrected chi connectivity index (χ2v) is 3.95. The molecule has 2 N–H and O–H groups in total. The maximum absolute atomic E-state index is 5.39. The van der Waals surface area contributed by atoms with Gasteiger partial charge in [-0.05, 0) is 48.9 Å². The highest BCUT2D eigenvalue weighted by atomic mass is 14.5. The van der Waals surface area contributed by atoms with Crippen LogP contribution in [0, 0.1) is 0 Å². The van der Waals surface area contributed by atoms with Crippen molar-refractivity contribution in [2.75, 3.05) is 0 Å². The van der Waals surface area contributed by atoms with Gasteiger partial charge in [-0.25, -0.2) is 0 Å². The van der Waals surface area contributed by atoms with Crippen molar-refractivity contribution in [3.63, 3.8) is 0 Å². The maximum Gasteiger partial charge on any atom is -0.0103 e. The third kappa shape index (κ3) is 1.82. The second-order valence-electron chi connectivity index (χ2n) is 3.95. The lowest BCUT2D eigenvalue weighted by atomic mass is 9.81. The minimum Gasteiger partial charge on any atom is -0.405 e. The topological polar surface area (TPSA) is 26.0 Å². The quantitative estimate of drug-likeness (QED) is 0.756. The summed E-state index contributed by atoms with van der Waals surface area (Å²) >= 11 is 0. The van der Waals surface area contributed by atoms with Gasteiger partial charge in [0.1, 0.15) is 0 Å². The molecule has 14 heavy (non-hydrogen) atoms. The molecule has 1 aromatic rings. The molecule has 0 radical (unpaired) electrons. The van der Waals surface area contributed by atoms with Crippen LogP contribution in [0.4, 0.5) is 0 Å². The predicted octanol–water partition coefficient (Wildman–Crippen LogP) is 2.97. The molecule has 1 unspecified atom stereocenters. The first-order chi connectivity index (χ1) is 6.92. The van der Waals surface area contributed by atoms with E-state index in [9.17, 15) is 0 Å². The summed E-state index contributed by atoms with van der Waals surface area (Å²) in [5.41, 5.74) is 8.46. The smallest absolute Gasteiger partial charge is 0.0103 e.